The van der Waals surface area contributed by atoms with Gasteiger partial charge in [0, 0.05) is 19.6 Å². The Balaban J connectivity index is 2.28. The second-order valence-corrected chi connectivity index (χ2v) is 4.71. The van der Waals surface area contributed by atoms with E-state index in [1.807, 2.05) is 11.7 Å². The summed E-state index contributed by atoms with van der Waals surface area (Å²) in [4.78, 5) is 2.20. The molecular formula is C12H22N4O. The van der Waals surface area contributed by atoms with Gasteiger partial charge in [-0.3, -0.25) is 4.68 Å². The highest BCUT2D eigenvalue weighted by atomic mass is 16.3. The summed E-state index contributed by atoms with van der Waals surface area (Å²) in [5.74, 6) is 0.977. The summed E-state index contributed by atoms with van der Waals surface area (Å²) in [5, 5.41) is 13.6. The molecule has 5 nitrogen and oxygen atoms in total. The van der Waals surface area contributed by atoms with E-state index in [4.69, 9.17) is 10.8 Å². The van der Waals surface area contributed by atoms with E-state index in [-0.39, 0.29) is 6.61 Å². The number of nitrogens with zero attached hydrogens (tertiary/aromatic N) is 3. The fourth-order valence-electron chi connectivity index (χ4n) is 2.30. The Labute approximate surface area is 102 Å². The number of aromatic nitrogens is 2. The van der Waals surface area contributed by atoms with E-state index in [0.29, 0.717) is 12.6 Å². The van der Waals surface area contributed by atoms with Gasteiger partial charge in [-0.2, -0.15) is 5.10 Å². The first-order chi connectivity index (χ1) is 8.19. The number of aryl methyl sites for hydroxylation is 2. The molecule has 17 heavy (non-hydrogen) atoms. The predicted octanol–water partition coefficient (Wildman–Crippen LogP) is 0.916. The van der Waals surface area contributed by atoms with Crippen LogP contribution < -0.4 is 10.6 Å². The Morgan fingerprint density at radius 1 is 1.53 bits per heavy atom. The summed E-state index contributed by atoms with van der Waals surface area (Å²) in [5.41, 5.74) is 7.95. The molecule has 5 heteroatoms. The van der Waals surface area contributed by atoms with Crippen molar-refractivity contribution in [3.63, 3.8) is 0 Å². The van der Waals surface area contributed by atoms with Crippen LogP contribution in [0.15, 0.2) is 0 Å². The third kappa shape index (κ3) is 2.39. The van der Waals surface area contributed by atoms with Crippen molar-refractivity contribution in [2.45, 2.75) is 38.6 Å². The second kappa shape index (κ2) is 4.96. The molecular weight excluding hydrogens is 216 g/mol. The molecule has 0 radical (unpaired) electrons. The molecule has 0 bridgehead atoms. The van der Waals surface area contributed by atoms with Gasteiger partial charge in [0.2, 0.25) is 0 Å². The zero-order valence-corrected chi connectivity index (χ0v) is 10.7. The fourth-order valence-corrected chi connectivity index (χ4v) is 2.30. The first-order valence-corrected chi connectivity index (χ1v) is 6.37. The van der Waals surface area contributed by atoms with Gasteiger partial charge in [0.15, 0.2) is 5.82 Å². The van der Waals surface area contributed by atoms with Crippen LogP contribution in [-0.4, -0.2) is 34.1 Å². The summed E-state index contributed by atoms with van der Waals surface area (Å²) in [6, 6.07) is 0.536. The monoisotopic (exact) mass is 238 g/mol. The Hall–Kier alpha value is -1.23. The minimum absolute atomic E-state index is 0.157. The van der Waals surface area contributed by atoms with Gasteiger partial charge in [-0.1, -0.05) is 13.3 Å². The number of anilines is 2. The summed E-state index contributed by atoms with van der Waals surface area (Å²) >= 11 is 0. The van der Waals surface area contributed by atoms with Crippen molar-refractivity contribution in [1.29, 1.82) is 0 Å². The molecule has 0 spiro atoms. The topological polar surface area (TPSA) is 67.3 Å². The number of aliphatic hydroxyl groups is 1. The van der Waals surface area contributed by atoms with Crippen molar-refractivity contribution >= 4 is 11.5 Å². The molecule has 0 aromatic carbocycles. The van der Waals surface area contributed by atoms with Crippen molar-refractivity contribution in [2.24, 2.45) is 7.05 Å². The van der Waals surface area contributed by atoms with E-state index in [1.165, 1.54) is 12.8 Å². The Morgan fingerprint density at radius 2 is 2.24 bits per heavy atom. The molecule has 1 aliphatic carbocycles. The molecule has 0 amide bonds. The second-order valence-electron chi connectivity index (χ2n) is 4.71. The maximum atomic E-state index is 9.15. The highest BCUT2D eigenvalue weighted by Gasteiger charge is 2.32. The van der Waals surface area contributed by atoms with Gasteiger partial charge in [-0.05, 0) is 19.3 Å². The van der Waals surface area contributed by atoms with Gasteiger partial charge < -0.3 is 15.7 Å². The van der Waals surface area contributed by atoms with Crippen LogP contribution in [0.1, 0.15) is 31.9 Å². The van der Waals surface area contributed by atoms with Gasteiger partial charge >= 0.3 is 0 Å². The lowest BCUT2D eigenvalue weighted by Gasteiger charge is -2.24. The highest BCUT2D eigenvalue weighted by molar-refractivity contribution is 5.67. The molecule has 1 aromatic rings. The average Bonchev–Trinajstić information content (AvgIpc) is 3.07. The Kier molecular flexibility index (Phi) is 3.57. The summed E-state index contributed by atoms with van der Waals surface area (Å²) in [6.07, 6.45) is 4.34. The van der Waals surface area contributed by atoms with Gasteiger partial charge in [-0.15, -0.1) is 0 Å². The zero-order valence-electron chi connectivity index (χ0n) is 10.7. The Bertz CT molecular complexity index is 384. The van der Waals surface area contributed by atoms with Crippen LogP contribution >= 0.6 is 0 Å². The standard InChI is InChI=1S/C12H22N4O/c1-3-4-10-11(13)12(15(2)14-10)16(7-8-17)9-5-6-9/h9,17H,3-8,13H2,1-2H3. The predicted molar refractivity (Wildman–Crippen MR) is 69.1 cm³/mol. The summed E-state index contributed by atoms with van der Waals surface area (Å²) in [7, 11) is 1.93. The van der Waals surface area contributed by atoms with Gasteiger partial charge in [0.1, 0.15) is 0 Å². The lowest BCUT2D eigenvalue weighted by Crippen LogP contribution is -2.31. The van der Waals surface area contributed by atoms with Gasteiger partial charge in [-0.25, -0.2) is 0 Å². The first kappa shape index (κ1) is 12.2. The third-order valence-corrected chi connectivity index (χ3v) is 3.22. The van der Waals surface area contributed by atoms with Gasteiger partial charge in [0.25, 0.3) is 0 Å². The average molecular weight is 238 g/mol. The van der Waals surface area contributed by atoms with Crippen LogP contribution in [0.25, 0.3) is 0 Å². The molecule has 1 saturated carbocycles. The van der Waals surface area contributed by atoms with E-state index in [0.717, 1.165) is 30.0 Å². The maximum absolute atomic E-state index is 9.15. The first-order valence-electron chi connectivity index (χ1n) is 6.37. The smallest absolute Gasteiger partial charge is 0.150 e. The minimum atomic E-state index is 0.157. The van der Waals surface area contributed by atoms with Crippen LogP contribution in [-0.2, 0) is 13.5 Å². The molecule has 1 fully saturated rings. The fraction of sp³-hybridized carbons (Fsp3) is 0.750. The highest BCUT2D eigenvalue weighted by Crippen LogP contribution is 2.35. The molecule has 0 unspecified atom stereocenters. The van der Waals surface area contributed by atoms with Crippen molar-refractivity contribution in [2.75, 3.05) is 23.8 Å². The molecule has 1 heterocycles. The van der Waals surface area contributed by atoms with Crippen LogP contribution in [0.2, 0.25) is 0 Å². The SMILES string of the molecule is CCCc1nn(C)c(N(CCO)C2CC2)c1N. The van der Waals surface area contributed by atoms with Crippen molar-refractivity contribution < 1.29 is 5.11 Å². The van der Waals surface area contributed by atoms with E-state index < -0.39 is 0 Å². The van der Waals surface area contributed by atoms with Crippen LogP contribution in [0.4, 0.5) is 11.5 Å². The van der Waals surface area contributed by atoms with Crippen LogP contribution in [0.5, 0.6) is 0 Å². The number of nitrogens with two attached hydrogens (primary N) is 1. The number of aliphatic hydroxyl groups excluding tert-OH is 1. The summed E-state index contributed by atoms with van der Waals surface area (Å²) in [6.45, 7) is 2.92. The molecule has 3 N–H and O–H groups in total. The molecule has 0 aliphatic heterocycles. The third-order valence-electron chi connectivity index (χ3n) is 3.22. The lowest BCUT2D eigenvalue weighted by atomic mass is 10.2. The molecule has 1 aromatic heterocycles. The van der Waals surface area contributed by atoms with E-state index in [2.05, 4.69) is 16.9 Å². The van der Waals surface area contributed by atoms with Crippen molar-refractivity contribution in [3.8, 4) is 0 Å². The van der Waals surface area contributed by atoms with E-state index in [9.17, 15) is 0 Å². The number of nitrogen functional groups attached to an aromatic ring is 1. The quantitative estimate of drug-likeness (QED) is 0.773. The number of hydrogen-bond acceptors (Lipinski definition) is 4. The molecule has 2 rings (SSSR count). The largest absolute Gasteiger partial charge is 0.395 e. The molecule has 0 saturated heterocycles. The molecule has 0 atom stereocenters. The minimum Gasteiger partial charge on any atom is -0.395 e. The van der Waals surface area contributed by atoms with E-state index in [1.54, 1.807) is 0 Å². The normalized spacial score (nSPS) is 15.2. The Morgan fingerprint density at radius 3 is 2.76 bits per heavy atom. The zero-order chi connectivity index (χ0) is 12.4. The number of hydrogen-bond donors (Lipinski definition) is 2. The van der Waals surface area contributed by atoms with Gasteiger partial charge in [0.05, 0.1) is 18.0 Å². The molecule has 1 aliphatic rings. The van der Waals surface area contributed by atoms with Crippen LogP contribution in [0.3, 0.4) is 0 Å². The summed E-state index contributed by atoms with van der Waals surface area (Å²) < 4.78 is 1.86. The van der Waals surface area contributed by atoms with Crippen molar-refractivity contribution in [3.05, 3.63) is 5.69 Å². The molecule has 96 valence electrons. The lowest BCUT2D eigenvalue weighted by molar-refractivity contribution is 0.300. The van der Waals surface area contributed by atoms with E-state index >= 15 is 0 Å². The number of rotatable bonds is 6. The van der Waals surface area contributed by atoms with Crippen LogP contribution in [0, 0.1) is 0 Å². The van der Waals surface area contributed by atoms with Crippen molar-refractivity contribution in [1.82, 2.24) is 9.78 Å². The maximum Gasteiger partial charge on any atom is 0.150 e.